The minimum absolute atomic E-state index is 0. The number of nitrogens with one attached hydrogen (secondary N) is 2. The van der Waals surface area contributed by atoms with Crippen LogP contribution in [0.15, 0.2) is 30.3 Å². The lowest BCUT2D eigenvalue weighted by molar-refractivity contribution is -0.147. The molecule has 1 aromatic rings. The molecule has 6 nitrogen and oxygen atoms in total. The van der Waals surface area contributed by atoms with Gasteiger partial charge in [-0.2, -0.15) is 0 Å². The van der Waals surface area contributed by atoms with Crippen LogP contribution in [0.25, 0.3) is 0 Å². The first kappa shape index (κ1) is 20.4. The van der Waals surface area contributed by atoms with Crippen LogP contribution in [0.5, 0.6) is 0 Å². The SMILES string of the molecule is CCOC(=O)C(CNC(=O)C1CC(O)CN1)Cc1ccccc1.Cl. The van der Waals surface area contributed by atoms with E-state index in [4.69, 9.17) is 4.74 Å². The maximum atomic E-state index is 12.1. The second-order valence-corrected chi connectivity index (χ2v) is 5.73. The van der Waals surface area contributed by atoms with Crippen LogP contribution >= 0.6 is 12.4 Å². The van der Waals surface area contributed by atoms with Gasteiger partial charge in [0.25, 0.3) is 0 Å². The number of amides is 1. The molecular formula is C17H25ClN2O4. The minimum Gasteiger partial charge on any atom is -0.466 e. The molecule has 1 heterocycles. The average Bonchev–Trinajstić information content (AvgIpc) is 2.99. The molecule has 3 unspecified atom stereocenters. The van der Waals surface area contributed by atoms with E-state index in [0.717, 1.165) is 5.56 Å². The molecule has 1 fully saturated rings. The van der Waals surface area contributed by atoms with Gasteiger partial charge in [0.15, 0.2) is 0 Å². The second-order valence-electron chi connectivity index (χ2n) is 5.73. The van der Waals surface area contributed by atoms with Crippen molar-refractivity contribution in [3.8, 4) is 0 Å². The summed E-state index contributed by atoms with van der Waals surface area (Å²) >= 11 is 0. The van der Waals surface area contributed by atoms with Gasteiger partial charge in [0.2, 0.25) is 5.91 Å². The lowest BCUT2D eigenvalue weighted by Gasteiger charge is -2.18. The molecular weight excluding hydrogens is 332 g/mol. The smallest absolute Gasteiger partial charge is 0.311 e. The quantitative estimate of drug-likeness (QED) is 0.625. The molecule has 1 aliphatic heterocycles. The zero-order chi connectivity index (χ0) is 16.7. The summed E-state index contributed by atoms with van der Waals surface area (Å²) < 4.78 is 5.11. The number of aliphatic hydroxyl groups is 1. The Kier molecular flexibility index (Phi) is 8.74. The summed E-state index contributed by atoms with van der Waals surface area (Å²) in [5.74, 6) is -0.924. The summed E-state index contributed by atoms with van der Waals surface area (Å²) in [7, 11) is 0. The van der Waals surface area contributed by atoms with Crippen molar-refractivity contribution in [2.75, 3.05) is 19.7 Å². The summed E-state index contributed by atoms with van der Waals surface area (Å²) in [5.41, 5.74) is 1.02. The van der Waals surface area contributed by atoms with E-state index in [9.17, 15) is 14.7 Å². The maximum Gasteiger partial charge on any atom is 0.311 e. The first-order chi connectivity index (χ1) is 11.1. The monoisotopic (exact) mass is 356 g/mol. The third kappa shape index (κ3) is 6.11. The Morgan fingerprint density at radius 1 is 1.38 bits per heavy atom. The number of hydrogen-bond acceptors (Lipinski definition) is 5. The third-order valence-corrected chi connectivity index (χ3v) is 3.89. The van der Waals surface area contributed by atoms with E-state index in [1.54, 1.807) is 6.92 Å². The maximum absolute atomic E-state index is 12.1. The van der Waals surface area contributed by atoms with Crippen molar-refractivity contribution in [1.82, 2.24) is 10.6 Å². The van der Waals surface area contributed by atoms with Crippen LogP contribution in [-0.4, -0.2) is 48.8 Å². The van der Waals surface area contributed by atoms with Gasteiger partial charge >= 0.3 is 5.97 Å². The molecule has 24 heavy (non-hydrogen) atoms. The second kappa shape index (κ2) is 10.3. The van der Waals surface area contributed by atoms with Gasteiger partial charge in [0, 0.05) is 13.1 Å². The van der Waals surface area contributed by atoms with Crippen molar-refractivity contribution in [3.63, 3.8) is 0 Å². The van der Waals surface area contributed by atoms with E-state index in [1.165, 1.54) is 0 Å². The summed E-state index contributed by atoms with van der Waals surface area (Å²) in [6, 6.07) is 9.25. The van der Waals surface area contributed by atoms with Gasteiger partial charge in [0.05, 0.1) is 24.7 Å². The van der Waals surface area contributed by atoms with Gasteiger partial charge in [-0.25, -0.2) is 0 Å². The first-order valence-electron chi connectivity index (χ1n) is 7.99. The summed E-state index contributed by atoms with van der Waals surface area (Å²) in [6.07, 6.45) is 0.422. The van der Waals surface area contributed by atoms with Crippen LogP contribution in [0, 0.1) is 5.92 Å². The number of halogens is 1. The number of carbonyl (C=O) groups excluding carboxylic acids is 2. The Labute approximate surface area is 148 Å². The van der Waals surface area contributed by atoms with E-state index < -0.39 is 18.1 Å². The van der Waals surface area contributed by atoms with Gasteiger partial charge in [0.1, 0.15) is 0 Å². The molecule has 0 saturated carbocycles. The summed E-state index contributed by atoms with van der Waals surface area (Å²) in [4.78, 5) is 24.2. The van der Waals surface area contributed by atoms with Gasteiger partial charge < -0.3 is 20.5 Å². The number of aliphatic hydroxyl groups excluding tert-OH is 1. The van der Waals surface area contributed by atoms with Crippen molar-refractivity contribution in [3.05, 3.63) is 35.9 Å². The molecule has 0 bridgehead atoms. The molecule has 2 rings (SSSR count). The molecule has 0 spiro atoms. The number of esters is 1. The number of benzene rings is 1. The normalized spacial score (nSPS) is 20.8. The number of β-amino-alcohol motifs (C(OH)–C–C–N with tert-alkyl or cyclic N) is 1. The topological polar surface area (TPSA) is 87.7 Å². The standard InChI is InChI=1S/C17H24N2O4.ClH/c1-2-23-17(22)13(8-12-6-4-3-5-7-12)10-19-16(21)15-9-14(20)11-18-15;/h3-7,13-15,18,20H,2,8-11H2,1H3,(H,19,21);1H. The highest BCUT2D eigenvalue weighted by Gasteiger charge is 2.29. The van der Waals surface area contributed by atoms with Gasteiger partial charge in [-0.1, -0.05) is 30.3 Å². The molecule has 7 heteroatoms. The Balaban J connectivity index is 0.00000288. The fraction of sp³-hybridized carbons (Fsp3) is 0.529. The fourth-order valence-corrected chi connectivity index (χ4v) is 2.66. The lowest BCUT2D eigenvalue weighted by Crippen LogP contribution is -2.43. The van der Waals surface area contributed by atoms with Crippen molar-refractivity contribution in [1.29, 1.82) is 0 Å². The average molecular weight is 357 g/mol. The molecule has 0 radical (unpaired) electrons. The van der Waals surface area contributed by atoms with Crippen molar-refractivity contribution >= 4 is 24.3 Å². The highest BCUT2D eigenvalue weighted by atomic mass is 35.5. The highest BCUT2D eigenvalue weighted by Crippen LogP contribution is 2.11. The molecule has 1 aliphatic rings. The van der Waals surface area contributed by atoms with Gasteiger partial charge in [-0.15, -0.1) is 12.4 Å². The van der Waals surface area contributed by atoms with Crippen LogP contribution in [0.2, 0.25) is 0 Å². The Morgan fingerprint density at radius 2 is 2.08 bits per heavy atom. The zero-order valence-electron chi connectivity index (χ0n) is 13.7. The molecule has 0 aromatic heterocycles. The third-order valence-electron chi connectivity index (χ3n) is 3.89. The highest BCUT2D eigenvalue weighted by molar-refractivity contribution is 5.85. The lowest BCUT2D eigenvalue weighted by atomic mass is 9.99. The molecule has 3 N–H and O–H groups in total. The predicted molar refractivity (Wildman–Crippen MR) is 92.9 cm³/mol. The molecule has 134 valence electrons. The Hall–Kier alpha value is -1.63. The molecule has 1 saturated heterocycles. The largest absolute Gasteiger partial charge is 0.466 e. The van der Waals surface area contributed by atoms with Crippen molar-refractivity contribution in [2.24, 2.45) is 5.92 Å². The van der Waals surface area contributed by atoms with Crippen LogP contribution in [0.3, 0.4) is 0 Å². The fourth-order valence-electron chi connectivity index (χ4n) is 2.66. The van der Waals surface area contributed by atoms with E-state index in [2.05, 4.69) is 10.6 Å². The predicted octanol–water partition coefficient (Wildman–Crippen LogP) is 0.669. The number of rotatable bonds is 7. The molecule has 0 aliphatic carbocycles. The van der Waals surface area contributed by atoms with E-state index in [0.29, 0.717) is 26.0 Å². The molecule has 1 aromatic carbocycles. The van der Waals surface area contributed by atoms with E-state index >= 15 is 0 Å². The number of hydrogen-bond donors (Lipinski definition) is 3. The molecule has 1 amide bonds. The first-order valence-corrected chi connectivity index (χ1v) is 7.99. The van der Waals surface area contributed by atoms with E-state index in [-0.39, 0.29) is 30.8 Å². The Bertz CT molecular complexity index is 527. The van der Waals surface area contributed by atoms with Gasteiger partial charge in [-0.05, 0) is 25.3 Å². The van der Waals surface area contributed by atoms with Crippen LogP contribution in [0.1, 0.15) is 18.9 Å². The van der Waals surface area contributed by atoms with Crippen LogP contribution in [-0.2, 0) is 20.7 Å². The van der Waals surface area contributed by atoms with Gasteiger partial charge in [-0.3, -0.25) is 9.59 Å². The van der Waals surface area contributed by atoms with Crippen molar-refractivity contribution in [2.45, 2.75) is 31.9 Å². The van der Waals surface area contributed by atoms with Crippen molar-refractivity contribution < 1.29 is 19.4 Å². The minimum atomic E-state index is -0.490. The Morgan fingerprint density at radius 3 is 2.67 bits per heavy atom. The van der Waals surface area contributed by atoms with Crippen LogP contribution < -0.4 is 10.6 Å². The summed E-state index contributed by atoms with van der Waals surface area (Å²) in [5, 5.41) is 15.2. The number of ether oxygens (including phenoxy) is 1. The van der Waals surface area contributed by atoms with E-state index in [1.807, 2.05) is 30.3 Å². The zero-order valence-corrected chi connectivity index (χ0v) is 14.6. The molecule has 3 atom stereocenters. The summed E-state index contributed by atoms with van der Waals surface area (Å²) in [6.45, 7) is 2.72. The number of carbonyl (C=O) groups is 2. The van der Waals surface area contributed by atoms with Crippen LogP contribution in [0.4, 0.5) is 0 Å².